The number of methoxy groups -OCH3 is 2. The fraction of sp³-hybridized carbons (Fsp3) is 0.333. The summed E-state index contributed by atoms with van der Waals surface area (Å²) < 4.78 is 24.5. The van der Waals surface area contributed by atoms with E-state index in [0.717, 1.165) is 0 Å². The van der Waals surface area contributed by atoms with Crippen molar-refractivity contribution in [2.75, 3.05) is 40.4 Å². The third-order valence-electron chi connectivity index (χ3n) is 4.92. The summed E-state index contributed by atoms with van der Waals surface area (Å²) in [7, 11) is 3.06. The minimum atomic E-state index is -0.667. The lowest BCUT2D eigenvalue weighted by Gasteiger charge is -2.37. The van der Waals surface area contributed by atoms with Gasteiger partial charge in [-0.15, -0.1) is 0 Å². The molecule has 7 heteroatoms. The molecule has 0 radical (unpaired) electrons. The van der Waals surface area contributed by atoms with Gasteiger partial charge in [-0.1, -0.05) is 18.2 Å². The van der Waals surface area contributed by atoms with E-state index < -0.39 is 11.9 Å². The van der Waals surface area contributed by atoms with E-state index in [2.05, 4.69) is 6.07 Å². The van der Waals surface area contributed by atoms with Gasteiger partial charge >= 0.3 is 0 Å². The Kier molecular flexibility index (Phi) is 6.12. The first-order valence-electron chi connectivity index (χ1n) is 8.98. The molecule has 1 aliphatic rings. The van der Waals surface area contributed by atoms with Crippen molar-refractivity contribution in [2.24, 2.45) is 0 Å². The van der Waals surface area contributed by atoms with Crippen LogP contribution in [0.5, 0.6) is 11.5 Å². The van der Waals surface area contributed by atoms with Crippen LogP contribution < -0.4 is 9.47 Å². The molecule has 1 aliphatic heterocycles. The molecule has 0 N–H and O–H groups in total. The molecule has 1 fully saturated rings. The molecule has 1 saturated heterocycles. The van der Waals surface area contributed by atoms with E-state index >= 15 is 0 Å². The van der Waals surface area contributed by atoms with Crippen LogP contribution >= 0.6 is 0 Å². The number of rotatable bonds is 5. The van der Waals surface area contributed by atoms with Crippen LogP contribution in [0.4, 0.5) is 4.39 Å². The monoisotopic (exact) mass is 383 g/mol. The number of hydrogen-bond acceptors (Lipinski definition) is 5. The molecule has 0 aromatic heterocycles. The number of halogens is 1. The van der Waals surface area contributed by atoms with E-state index in [1.165, 1.54) is 13.2 Å². The van der Waals surface area contributed by atoms with Gasteiger partial charge in [0.2, 0.25) is 0 Å². The highest BCUT2D eigenvalue weighted by molar-refractivity contribution is 5.95. The summed E-state index contributed by atoms with van der Waals surface area (Å²) in [5, 5.41) is 9.55. The first-order chi connectivity index (χ1) is 13.6. The highest BCUT2D eigenvalue weighted by Gasteiger charge is 2.29. The Balaban J connectivity index is 1.69. The van der Waals surface area contributed by atoms with Gasteiger partial charge in [-0.05, 0) is 24.3 Å². The molecule has 146 valence electrons. The van der Waals surface area contributed by atoms with E-state index in [4.69, 9.17) is 9.47 Å². The largest absolute Gasteiger partial charge is 0.493 e. The molecule has 2 aromatic carbocycles. The molecule has 28 heavy (non-hydrogen) atoms. The Labute approximate surface area is 163 Å². The lowest BCUT2D eigenvalue weighted by molar-refractivity contribution is 0.0604. The van der Waals surface area contributed by atoms with Crippen LogP contribution in [0.15, 0.2) is 42.5 Å². The maximum atomic E-state index is 14.1. The molecular weight excluding hydrogens is 361 g/mol. The van der Waals surface area contributed by atoms with Crippen LogP contribution in [0, 0.1) is 17.1 Å². The maximum Gasteiger partial charge on any atom is 0.254 e. The molecule has 1 heterocycles. The quantitative estimate of drug-likeness (QED) is 0.794. The first kappa shape index (κ1) is 19.6. The molecular formula is C21H22FN3O3. The second kappa shape index (κ2) is 8.72. The molecule has 0 bridgehead atoms. The number of benzene rings is 2. The van der Waals surface area contributed by atoms with Crippen molar-refractivity contribution in [1.29, 1.82) is 5.26 Å². The van der Waals surface area contributed by atoms with Crippen molar-refractivity contribution in [3.05, 3.63) is 59.4 Å². The lowest BCUT2D eigenvalue weighted by atomic mass is 10.0. The van der Waals surface area contributed by atoms with E-state index in [1.807, 2.05) is 4.90 Å². The van der Waals surface area contributed by atoms with Crippen molar-refractivity contribution in [3.8, 4) is 17.6 Å². The molecule has 1 atom stereocenters. The van der Waals surface area contributed by atoms with Gasteiger partial charge in [-0.25, -0.2) is 4.39 Å². The average Bonchev–Trinajstić information content (AvgIpc) is 2.75. The van der Waals surface area contributed by atoms with E-state index in [0.29, 0.717) is 48.8 Å². The Morgan fingerprint density at radius 1 is 1.07 bits per heavy atom. The SMILES string of the molecule is COc1ccc(C(=O)N2CCN(C(C#N)c3ccccc3F)CC2)cc1OC. The fourth-order valence-electron chi connectivity index (χ4n) is 3.38. The lowest BCUT2D eigenvalue weighted by Crippen LogP contribution is -2.49. The predicted molar refractivity (Wildman–Crippen MR) is 102 cm³/mol. The fourth-order valence-corrected chi connectivity index (χ4v) is 3.38. The van der Waals surface area contributed by atoms with Gasteiger partial charge < -0.3 is 14.4 Å². The second-order valence-electron chi connectivity index (χ2n) is 6.45. The number of carbonyl (C=O) groups is 1. The van der Waals surface area contributed by atoms with Crippen molar-refractivity contribution >= 4 is 5.91 Å². The van der Waals surface area contributed by atoms with Crippen molar-refractivity contribution in [2.45, 2.75) is 6.04 Å². The minimum absolute atomic E-state index is 0.111. The topological polar surface area (TPSA) is 65.8 Å². The van der Waals surface area contributed by atoms with Crippen molar-refractivity contribution in [3.63, 3.8) is 0 Å². The van der Waals surface area contributed by atoms with E-state index in [-0.39, 0.29) is 5.91 Å². The summed E-state index contributed by atoms with van der Waals surface area (Å²) in [6, 6.07) is 12.9. The van der Waals surface area contributed by atoms with Crippen LogP contribution in [-0.4, -0.2) is 56.1 Å². The molecule has 1 unspecified atom stereocenters. The Morgan fingerprint density at radius 3 is 2.36 bits per heavy atom. The maximum absolute atomic E-state index is 14.1. The Hall–Kier alpha value is -3.11. The van der Waals surface area contributed by atoms with Gasteiger partial charge in [0.05, 0.1) is 20.3 Å². The summed E-state index contributed by atoms with van der Waals surface area (Å²) in [5.74, 6) is 0.555. The molecule has 2 aromatic rings. The van der Waals surface area contributed by atoms with Gasteiger partial charge in [0.15, 0.2) is 11.5 Å². The van der Waals surface area contributed by atoms with Crippen molar-refractivity contribution < 1.29 is 18.7 Å². The number of ether oxygens (including phenoxy) is 2. The molecule has 0 aliphatic carbocycles. The van der Waals surface area contributed by atoms with Crippen LogP contribution in [-0.2, 0) is 0 Å². The smallest absolute Gasteiger partial charge is 0.254 e. The van der Waals surface area contributed by atoms with Gasteiger partial charge in [-0.3, -0.25) is 9.69 Å². The minimum Gasteiger partial charge on any atom is -0.493 e. The van der Waals surface area contributed by atoms with Gasteiger partial charge in [0.1, 0.15) is 11.9 Å². The van der Waals surface area contributed by atoms with Gasteiger partial charge in [0.25, 0.3) is 5.91 Å². The normalized spacial score (nSPS) is 15.6. The van der Waals surface area contributed by atoms with Gasteiger partial charge in [-0.2, -0.15) is 5.26 Å². The molecule has 0 spiro atoms. The standard InChI is InChI=1S/C21H22FN3O3/c1-27-19-8-7-15(13-20(19)28-2)21(26)25-11-9-24(10-12-25)18(14-23)16-5-3-4-6-17(16)22/h3-8,13,18H,9-12H2,1-2H3. The number of nitrogens with zero attached hydrogens (tertiary/aromatic N) is 3. The van der Waals surface area contributed by atoms with E-state index in [9.17, 15) is 14.4 Å². The molecule has 3 rings (SSSR count). The Bertz CT molecular complexity index is 889. The predicted octanol–water partition coefficient (Wildman–Crippen LogP) is 2.87. The zero-order valence-electron chi connectivity index (χ0n) is 15.9. The number of piperazine rings is 1. The number of hydrogen-bond donors (Lipinski definition) is 0. The zero-order chi connectivity index (χ0) is 20.1. The summed E-state index contributed by atoms with van der Waals surface area (Å²) >= 11 is 0. The Morgan fingerprint density at radius 2 is 1.75 bits per heavy atom. The van der Waals surface area contributed by atoms with Crippen LogP contribution in [0.2, 0.25) is 0 Å². The van der Waals surface area contributed by atoms with Crippen LogP contribution in [0.1, 0.15) is 22.0 Å². The average molecular weight is 383 g/mol. The van der Waals surface area contributed by atoms with Gasteiger partial charge in [0, 0.05) is 37.3 Å². The zero-order valence-corrected chi connectivity index (χ0v) is 15.9. The summed E-state index contributed by atoms with van der Waals surface area (Å²) in [4.78, 5) is 16.5. The number of carbonyl (C=O) groups excluding carboxylic acids is 1. The molecule has 1 amide bonds. The number of nitriles is 1. The molecule has 6 nitrogen and oxygen atoms in total. The van der Waals surface area contributed by atoms with Crippen molar-refractivity contribution in [1.82, 2.24) is 9.80 Å². The highest BCUT2D eigenvalue weighted by Crippen LogP contribution is 2.29. The summed E-state index contributed by atoms with van der Waals surface area (Å²) in [6.07, 6.45) is 0. The third-order valence-corrected chi connectivity index (χ3v) is 4.92. The first-order valence-corrected chi connectivity index (χ1v) is 8.98. The summed E-state index contributed by atoms with van der Waals surface area (Å²) in [6.45, 7) is 1.90. The summed E-state index contributed by atoms with van der Waals surface area (Å²) in [5.41, 5.74) is 0.877. The highest BCUT2D eigenvalue weighted by atomic mass is 19.1. The number of amides is 1. The van der Waals surface area contributed by atoms with E-state index in [1.54, 1.807) is 48.4 Å². The van der Waals surface area contributed by atoms with Crippen LogP contribution in [0.3, 0.4) is 0 Å². The molecule has 0 saturated carbocycles. The third kappa shape index (κ3) is 3.92. The van der Waals surface area contributed by atoms with Crippen LogP contribution in [0.25, 0.3) is 0 Å². The second-order valence-corrected chi connectivity index (χ2v) is 6.45.